The summed E-state index contributed by atoms with van der Waals surface area (Å²) in [5.41, 5.74) is 0. The van der Waals surface area contributed by atoms with Crippen molar-refractivity contribution in [2.75, 3.05) is 13.2 Å². The summed E-state index contributed by atoms with van der Waals surface area (Å²) >= 11 is 0. The van der Waals surface area contributed by atoms with Crippen LogP contribution in [0.25, 0.3) is 0 Å². The zero-order valence-corrected chi connectivity index (χ0v) is 9.12. The SMILES string of the molecule is CC(O)CC(C)OCCOC(C)C. The molecule has 0 fully saturated rings. The van der Waals surface area contributed by atoms with Crippen LogP contribution in [0, 0.1) is 0 Å². The molecule has 0 heterocycles. The van der Waals surface area contributed by atoms with Gasteiger partial charge in [-0.15, -0.1) is 0 Å². The Labute approximate surface area is 81.0 Å². The van der Waals surface area contributed by atoms with E-state index >= 15 is 0 Å². The maximum atomic E-state index is 9.06. The molecule has 3 nitrogen and oxygen atoms in total. The van der Waals surface area contributed by atoms with Crippen LogP contribution >= 0.6 is 0 Å². The molecule has 2 unspecified atom stereocenters. The van der Waals surface area contributed by atoms with E-state index in [0.717, 1.165) is 0 Å². The van der Waals surface area contributed by atoms with Crippen molar-refractivity contribution >= 4 is 0 Å². The van der Waals surface area contributed by atoms with E-state index in [9.17, 15) is 0 Å². The average Bonchev–Trinajstić information content (AvgIpc) is 1.96. The number of hydrogen-bond acceptors (Lipinski definition) is 3. The fraction of sp³-hybridized carbons (Fsp3) is 1.00. The van der Waals surface area contributed by atoms with Crippen molar-refractivity contribution in [3.05, 3.63) is 0 Å². The molecule has 0 radical (unpaired) electrons. The van der Waals surface area contributed by atoms with Crippen LogP contribution in [-0.4, -0.2) is 36.6 Å². The van der Waals surface area contributed by atoms with Crippen molar-refractivity contribution in [2.24, 2.45) is 0 Å². The normalized spacial score (nSPS) is 16.2. The van der Waals surface area contributed by atoms with E-state index in [0.29, 0.717) is 19.6 Å². The first-order valence-corrected chi connectivity index (χ1v) is 4.93. The highest BCUT2D eigenvalue weighted by atomic mass is 16.5. The van der Waals surface area contributed by atoms with Crippen molar-refractivity contribution in [3.63, 3.8) is 0 Å². The third-order valence-electron chi connectivity index (χ3n) is 1.61. The molecule has 0 saturated carbocycles. The summed E-state index contributed by atoms with van der Waals surface area (Å²) in [5, 5.41) is 9.06. The number of aliphatic hydroxyl groups excluding tert-OH is 1. The van der Waals surface area contributed by atoms with Crippen LogP contribution in [0.2, 0.25) is 0 Å². The van der Waals surface area contributed by atoms with E-state index in [-0.39, 0.29) is 18.3 Å². The van der Waals surface area contributed by atoms with Gasteiger partial charge in [-0.3, -0.25) is 0 Å². The van der Waals surface area contributed by atoms with Crippen LogP contribution in [0.5, 0.6) is 0 Å². The van der Waals surface area contributed by atoms with Gasteiger partial charge in [-0.25, -0.2) is 0 Å². The Kier molecular flexibility index (Phi) is 7.23. The quantitative estimate of drug-likeness (QED) is 0.620. The van der Waals surface area contributed by atoms with Gasteiger partial charge < -0.3 is 14.6 Å². The number of rotatable bonds is 7. The average molecular weight is 190 g/mol. The van der Waals surface area contributed by atoms with Crippen molar-refractivity contribution in [2.45, 2.75) is 52.4 Å². The van der Waals surface area contributed by atoms with Gasteiger partial charge in [0.15, 0.2) is 0 Å². The Hall–Kier alpha value is -0.120. The lowest BCUT2D eigenvalue weighted by Gasteiger charge is -2.15. The summed E-state index contributed by atoms with van der Waals surface area (Å²) in [5.74, 6) is 0. The zero-order chi connectivity index (χ0) is 10.3. The maximum absolute atomic E-state index is 9.06. The van der Waals surface area contributed by atoms with Crippen LogP contribution in [0.15, 0.2) is 0 Å². The molecule has 0 aromatic rings. The molecule has 1 N–H and O–H groups in total. The van der Waals surface area contributed by atoms with Gasteiger partial charge >= 0.3 is 0 Å². The van der Waals surface area contributed by atoms with E-state index in [1.165, 1.54) is 0 Å². The molecule has 0 rings (SSSR count). The Balaban J connectivity index is 3.22. The van der Waals surface area contributed by atoms with Crippen LogP contribution in [-0.2, 0) is 9.47 Å². The first-order valence-electron chi connectivity index (χ1n) is 4.93. The van der Waals surface area contributed by atoms with Crippen LogP contribution in [0.1, 0.15) is 34.1 Å². The summed E-state index contributed by atoms with van der Waals surface area (Å²) in [6.07, 6.45) is 0.759. The van der Waals surface area contributed by atoms with Gasteiger partial charge in [-0.2, -0.15) is 0 Å². The molecule has 0 spiro atoms. The number of ether oxygens (including phenoxy) is 2. The van der Waals surface area contributed by atoms with Crippen molar-refractivity contribution in [3.8, 4) is 0 Å². The molecule has 0 aliphatic heterocycles. The second-order valence-corrected chi connectivity index (χ2v) is 3.69. The predicted octanol–water partition coefficient (Wildman–Crippen LogP) is 1.59. The molecule has 0 bridgehead atoms. The highest BCUT2D eigenvalue weighted by molar-refractivity contribution is 4.55. The van der Waals surface area contributed by atoms with Gasteiger partial charge in [0.2, 0.25) is 0 Å². The monoisotopic (exact) mass is 190 g/mol. The van der Waals surface area contributed by atoms with Crippen molar-refractivity contribution in [1.82, 2.24) is 0 Å². The minimum absolute atomic E-state index is 0.107. The lowest BCUT2D eigenvalue weighted by atomic mass is 10.2. The Bertz CT molecular complexity index is 113. The minimum Gasteiger partial charge on any atom is -0.393 e. The van der Waals surface area contributed by atoms with Crippen molar-refractivity contribution < 1.29 is 14.6 Å². The second kappa shape index (κ2) is 7.30. The van der Waals surface area contributed by atoms with Gasteiger partial charge in [0.05, 0.1) is 31.5 Å². The Morgan fingerprint density at radius 2 is 1.54 bits per heavy atom. The molecular weight excluding hydrogens is 168 g/mol. The Morgan fingerprint density at radius 1 is 1.00 bits per heavy atom. The van der Waals surface area contributed by atoms with Gasteiger partial charge in [0.25, 0.3) is 0 Å². The highest BCUT2D eigenvalue weighted by Crippen LogP contribution is 2.01. The molecule has 13 heavy (non-hydrogen) atoms. The molecule has 3 heteroatoms. The Morgan fingerprint density at radius 3 is 2.00 bits per heavy atom. The molecule has 0 aliphatic carbocycles. The fourth-order valence-electron chi connectivity index (χ4n) is 1.08. The van der Waals surface area contributed by atoms with Crippen LogP contribution in [0.3, 0.4) is 0 Å². The van der Waals surface area contributed by atoms with Crippen molar-refractivity contribution in [1.29, 1.82) is 0 Å². The lowest BCUT2D eigenvalue weighted by molar-refractivity contribution is -0.0203. The third kappa shape index (κ3) is 9.80. The zero-order valence-electron chi connectivity index (χ0n) is 9.12. The molecule has 0 amide bonds. The van der Waals surface area contributed by atoms with E-state index in [1.54, 1.807) is 6.92 Å². The van der Waals surface area contributed by atoms with Gasteiger partial charge in [-0.05, 0) is 34.1 Å². The van der Waals surface area contributed by atoms with Gasteiger partial charge in [0.1, 0.15) is 0 Å². The molecule has 0 aliphatic rings. The predicted molar refractivity (Wildman–Crippen MR) is 52.8 cm³/mol. The smallest absolute Gasteiger partial charge is 0.0704 e. The molecular formula is C10H22O3. The molecule has 80 valence electrons. The first-order chi connectivity index (χ1) is 6.02. The van der Waals surface area contributed by atoms with Crippen LogP contribution in [0.4, 0.5) is 0 Å². The summed E-state index contributed by atoms with van der Waals surface area (Å²) in [4.78, 5) is 0. The van der Waals surface area contributed by atoms with Crippen LogP contribution < -0.4 is 0 Å². The molecule has 2 atom stereocenters. The van der Waals surface area contributed by atoms with E-state index < -0.39 is 0 Å². The van der Waals surface area contributed by atoms with E-state index in [2.05, 4.69) is 0 Å². The summed E-state index contributed by atoms with van der Waals surface area (Å²) in [6, 6.07) is 0. The number of hydrogen-bond donors (Lipinski definition) is 1. The maximum Gasteiger partial charge on any atom is 0.0704 e. The molecule has 0 saturated heterocycles. The van der Waals surface area contributed by atoms with E-state index in [4.69, 9.17) is 14.6 Å². The third-order valence-corrected chi connectivity index (χ3v) is 1.61. The molecule has 0 aromatic heterocycles. The van der Waals surface area contributed by atoms with E-state index in [1.807, 2.05) is 20.8 Å². The topological polar surface area (TPSA) is 38.7 Å². The summed E-state index contributed by atoms with van der Waals surface area (Å²) in [7, 11) is 0. The molecule has 0 aromatic carbocycles. The lowest BCUT2D eigenvalue weighted by Crippen LogP contribution is -2.18. The largest absolute Gasteiger partial charge is 0.393 e. The second-order valence-electron chi connectivity index (χ2n) is 3.69. The van der Waals surface area contributed by atoms with Gasteiger partial charge in [0, 0.05) is 0 Å². The minimum atomic E-state index is -0.291. The summed E-state index contributed by atoms with van der Waals surface area (Å²) < 4.78 is 10.7. The van der Waals surface area contributed by atoms with Gasteiger partial charge in [-0.1, -0.05) is 0 Å². The number of aliphatic hydroxyl groups is 1. The standard InChI is InChI=1S/C10H22O3/c1-8(2)12-5-6-13-10(4)7-9(3)11/h8-11H,5-7H2,1-4H3. The first kappa shape index (κ1) is 12.9. The summed E-state index contributed by atoms with van der Waals surface area (Å²) in [6.45, 7) is 8.96. The fourth-order valence-corrected chi connectivity index (χ4v) is 1.08. The highest BCUT2D eigenvalue weighted by Gasteiger charge is 2.05.